The number of nitrogens with one attached hydrogen (secondary N) is 2. The molecular formula is C17H17N3O8S. The molecule has 11 nitrogen and oxygen atoms in total. The minimum absolute atomic E-state index is 0.239. The summed E-state index contributed by atoms with van der Waals surface area (Å²) >= 11 is 0.952. The fourth-order valence-electron chi connectivity index (χ4n) is 3.33. The van der Waals surface area contributed by atoms with Crippen LogP contribution in [0.3, 0.4) is 0 Å². The van der Waals surface area contributed by atoms with Crippen LogP contribution in [0, 0.1) is 5.41 Å². The molecule has 1 aromatic rings. The second-order valence-electron chi connectivity index (χ2n) is 6.66. The molecule has 3 amide bonds. The molecule has 0 spiro atoms. The molecule has 5 N–H and O–H groups in total. The van der Waals surface area contributed by atoms with Crippen molar-refractivity contribution < 1.29 is 39.4 Å². The Bertz CT molecular complexity index is 879. The van der Waals surface area contributed by atoms with Gasteiger partial charge in [0, 0.05) is 12.3 Å². The van der Waals surface area contributed by atoms with Crippen molar-refractivity contribution >= 4 is 41.4 Å². The number of rotatable bonds is 6. The van der Waals surface area contributed by atoms with Crippen LogP contribution in [0.5, 0.6) is 0 Å². The molecule has 0 aliphatic carbocycles. The van der Waals surface area contributed by atoms with Gasteiger partial charge in [0.1, 0.15) is 11.4 Å². The van der Waals surface area contributed by atoms with E-state index in [2.05, 4.69) is 5.32 Å². The molecular weight excluding hydrogens is 406 g/mol. The molecule has 0 radical (unpaired) electrons. The summed E-state index contributed by atoms with van der Waals surface area (Å²) in [5.74, 6) is -7.27. The Kier molecular flexibility index (Phi) is 5.48. The first kappa shape index (κ1) is 20.6. The maximum atomic E-state index is 12.5. The molecule has 3 unspecified atom stereocenters. The minimum Gasteiger partial charge on any atom is -0.480 e. The van der Waals surface area contributed by atoms with Gasteiger partial charge in [0.2, 0.25) is 11.8 Å². The van der Waals surface area contributed by atoms with Gasteiger partial charge in [0.05, 0.1) is 0 Å². The molecule has 0 aromatic heterocycles. The molecule has 3 rings (SSSR count). The molecule has 0 bridgehead atoms. The molecule has 2 aliphatic heterocycles. The van der Waals surface area contributed by atoms with Gasteiger partial charge in [-0.15, -0.1) is 11.8 Å². The second kappa shape index (κ2) is 7.72. The number of carbonyl (C=O) groups is 5. The monoisotopic (exact) mass is 423 g/mol. The van der Waals surface area contributed by atoms with Gasteiger partial charge in [0.15, 0.2) is 11.3 Å². The van der Waals surface area contributed by atoms with E-state index < -0.39 is 59.0 Å². The molecule has 2 fully saturated rings. The third-order valence-electron chi connectivity index (χ3n) is 4.97. The topological polar surface area (TPSA) is 173 Å². The number of aliphatic carboxylic acids is 2. The van der Waals surface area contributed by atoms with Gasteiger partial charge >= 0.3 is 11.9 Å². The zero-order chi connectivity index (χ0) is 21.3. The van der Waals surface area contributed by atoms with Gasteiger partial charge < -0.3 is 20.4 Å². The van der Waals surface area contributed by atoms with E-state index in [0.717, 1.165) is 16.7 Å². The van der Waals surface area contributed by atoms with Crippen molar-refractivity contribution in [3.8, 4) is 0 Å². The van der Waals surface area contributed by atoms with Gasteiger partial charge in [-0.2, -0.15) is 0 Å². The summed E-state index contributed by atoms with van der Waals surface area (Å²) in [6, 6.07) is 6.77. The summed E-state index contributed by atoms with van der Waals surface area (Å²) in [4.78, 5) is 61.1. The number of carboxylic acids is 2. The van der Waals surface area contributed by atoms with Crippen molar-refractivity contribution in [3.05, 3.63) is 35.9 Å². The lowest BCUT2D eigenvalue weighted by atomic mass is 9.86. The first-order chi connectivity index (χ1) is 13.7. The largest absolute Gasteiger partial charge is 0.480 e. The Morgan fingerprint density at radius 1 is 1.17 bits per heavy atom. The molecule has 154 valence electrons. The molecule has 2 aliphatic rings. The summed E-state index contributed by atoms with van der Waals surface area (Å²) < 4.78 is 0. The van der Waals surface area contributed by atoms with E-state index in [4.69, 9.17) is 5.21 Å². The Hall–Kier alpha value is -3.12. The number of carboxylic acid groups (broad SMARTS) is 2. The summed E-state index contributed by atoms with van der Waals surface area (Å²) in [5.41, 5.74) is -0.454. The van der Waals surface area contributed by atoms with Crippen LogP contribution in [-0.2, 0) is 24.0 Å². The van der Waals surface area contributed by atoms with Crippen LogP contribution >= 0.6 is 11.8 Å². The lowest BCUT2D eigenvalue weighted by Crippen LogP contribution is -2.75. The normalized spacial score (nSPS) is 26.5. The average Bonchev–Trinajstić information content (AvgIpc) is 2.71. The zero-order valence-electron chi connectivity index (χ0n) is 14.8. The molecule has 12 heteroatoms. The number of hydroxylamine groups is 1. The summed E-state index contributed by atoms with van der Waals surface area (Å²) in [6.45, 7) is -0.474. The zero-order valence-corrected chi connectivity index (χ0v) is 15.6. The minimum atomic E-state index is -2.02. The Morgan fingerprint density at radius 3 is 2.38 bits per heavy atom. The van der Waals surface area contributed by atoms with Crippen LogP contribution in [0.4, 0.5) is 0 Å². The number of hydrogen-bond donors (Lipinski definition) is 5. The lowest BCUT2D eigenvalue weighted by Gasteiger charge is -2.53. The highest BCUT2D eigenvalue weighted by Crippen LogP contribution is 2.42. The van der Waals surface area contributed by atoms with Crippen LogP contribution < -0.4 is 10.8 Å². The quantitative estimate of drug-likeness (QED) is 0.163. The molecule has 2 saturated heterocycles. The van der Waals surface area contributed by atoms with Crippen LogP contribution in [0.25, 0.3) is 0 Å². The number of benzene rings is 1. The van der Waals surface area contributed by atoms with Gasteiger partial charge in [-0.3, -0.25) is 29.2 Å². The summed E-state index contributed by atoms with van der Waals surface area (Å²) in [7, 11) is 0. The number of hydrogen-bond acceptors (Lipinski definition) is 7. The molecule has 0 saturated carbocycles. The predicted octanol–water partition coefficient (Wildman–Crippen LogP) is -1.17. The Morgan fingerprint density at radius 2 is 1.83 bits per heavy atom. The number of fused-ring (bicyclic) bond motifs is 1. The van der Waals surface area contributed by atoms with E-state index >= 15 is 0 Å². The first-order valence-corrected chi connectivity index (χ1v) is 9.46. The van der Waals surface area contributed by atoms with E-state index in [0.29, 0.717) is 0 Å². The number of nitrogens with zero attached hydrogens (tertiary/aromatic N) is 1. The van der Waals surface area contributed by atoms with Gasteiger partial charge in [-0.05, 0) is 5.56 Å². The lowest BCUT2D eigenvalue weighted by molar-refractivity contribution is -0.166. The maximum Gasteiger partial charge on any atom is 0.322 e. The van der Waals surface area contributed by atoms with Crippen LogP contribution in [0.1, 0.15) is 11.5 Å². The smallest absolute Gasteiger partial charge is 0.322 e. The second-order valence-corrected chi connectivity index (χ2v) is 7.77. The van der Waals surface area contributed by atoms with E-state index in [1.807, 2.05) is 0 Å². The van der Waals surface area contributed by atoms with E-state index in [9.17, 15) is 34.2 Å². The Labute approximate surface area is 168 Å². The van der Waals surface area contributed by atoms with Gasteiger partial charge in [0.25, 0.3) is 5.91 Å². The van der Waals surface area contributed by atoms with Crippen molar-refractivity contribution in [2.24, 2.45) is 5.41 Å². The van der Waals surface area contributed by atoms with Gasteiger partial charge in [-0.1, -0.05) is 30.3 Å². The van der Waals surface area contributed by atoms with Crippen molar-refractivity contribution in [1.29, 1.82) is 0 Å². The maximum absolute atomic E-state index is 12.5. The molecule has 1 aromatic carbocycles. The van der Waals surface area contributed by atoms with Crippen molar-refractivity contribution in [1.82, 2.24) is 15.7 Å². The van der Waals surface area contributed by atoms with Crippen molar-refractivity contribution in [2.75, 3.05) is 12.3 Å². The third kappa shape index (κ3) is 3.40. The van der Waals surface area contributed by atoms with Crippen LogP contribution in [0.2, 0.25) is 0 Å². The highest BCUT2D eigenvalue weighted by Gasteiger charge is 2.60. The van der Waals surface area contributed by atoms with E-state index in [1.54, 1.807) is 18.2 Å². The predicted molar refractivity (Wildman–Crippen MR) is 96.7 cm³/mol. The molecule has 29 heavy (non-hydrogen) atoms. The highest BCUT2D eigenvalue weighted by atomic mass is 32.2. The Balaban J connectivity index is 1.73. The first-order valence-electron chi connectivity index (χ1n) is 8.41. The number of β-lactam (4-membered cyclic amide) rings is 1. The van der Waals surface area contributed by atoms with Crippen molar-refractivity contribution in [2.45, 2.75) is 17.3 Å². The van der Waals surface area contributed by atoms with Crippen LogP contribution in [-0.4, -0.2) is 73.7 Å². The fraction of sp³-hybridized carbons (Fsp3) is 0.353. The standard InChI is InChI=1S/C17H17N3O8S/c21-11(9(14(23)24)8-4-2-1-3-5-8)18-10-12(22)20-6-17(16(26)27,15(25)19-28)7-29-13(10)20/h1-5,9-10,13,28H,6-7H2,(H,18,21)(H,19,25)(H,23,24)(H,26,27)/t9?,10?,13-,17?/m1/s1. The fourth-order valence-corrected chi connectivity index (χ4v) is 4.87. The van der Waals surface area contributed by atoms with Crippen LogP contribution in [0.15, 0.2) is 30.3 Å². The SMILES string of the molecule is O=C(O)C(C(=O)NC1C(=O)N2CC(C(=O)O)(C(=O)NO)CS[C@H]12)c1ccccc1. The van der Waals surface area contributed by atoms with E-state index in [-0.39, 0.29) is 11.3 Å². The number of amides is 3. The van der Waals surface area contributed by atoms with Crippen molar-refractivity contribution in [3.63, 3.8) is 0 Å². The summed E-state index contributed by atoms with van der Waals surface area (Å²) in [5, 5.41) is 29.5. The highest BCUT2D eigenvalue weighted by molar-refractivity contribution is 8.00. The van der Waals surface area contributed by atoms with E-state index in [1.165, 1.54) is 17.6 Å². The number of thioether (sulfide) groups is 1. The third-order valence-corrected chi connectivity index (χ3v) is 6.50. The van der Waals surface area contributed by atoms with Gasteiger partial charge in [-0.25, -0.2) is 5.48 Å². The molecule has 4 atom stereocenters. The summed E-state index contributed by atoms with van der Waals surface area (Å²) in [6.07, 6.45) is 0. The number of carbonyl (C=O) groups excluding carboxylic acids is 3. The molecule has 2 heterocycles. The average molecular weight is 423 g/mol.